The van der Waals surface area contributed by atoms with Crippen molar-refractivity contribution in [1.82, 2.24) is 4.31 Å². The zero-order valence-corrected chi connectivity index (χ0v) is 14.5. The van der Waals surface area contributed by atoms with E-state index in [-0.39, 0.29) is 22.7 Å². The minimum absolute atomic E-state index is 0.0696. The molecule has 0 spiro atoms. The molecule has 2 aromatic carbocycles. The fraction of sp³-hybridized carbons (Fsp3) is 0.294. The van der Waals surface area contributed by atoms with E-state index >= 15 is 4.39 Å². The quantitative estimate of drug-likeness (QED) is 0.464. The van der Waals surface area contributed by atoms with Gasteiger partial charge in [0.1, 0.15) is 0 Å². The minimum Gasteiger partial charge on any atom is -0.258 e. The second-order valence-corrected chi connectivity index (χ2v) is 8.17. The van der Waals surface area contributed by atoms with E-state index in [2.05, 4.69) is 0 Å². The summed E-state index contributed by atoms with van der Waals surface area (Å²) in [5.41, 5.74) is -0.931. The number of nitro groups is 1. The standard InChI is InChI=1S/C17H17FN2O4S/c1-12-3-9-15(10-4-12)25(23,24)19-11-16(19)17(2,18)13-5-7-14(8-6-13)20(21)22/h3-10,16H,11H2,1-2H3/t16-,17-,19?/m0/s1. The summed E-state index contributed by atoms with van der Waals surface area (Å²) >= 11 is 0. The first-order valence-electron chi connectivity index (χ1n) is 7.66. The van der Waals surface area contributed by atoms with E-state index in [4.69, 9.17) is 0 Å². The molecule has 0 amide bonds. The van der Waals surface area contributed by atoms with E-state index in [9.17, 15) is 18.5 Å². The molecule has 0 radical (unpaired) electrons. The van der Waals surface area contributed by atoms with Crippen LogP contribution in [0.4, 0.5) is 10.1 Å². The van der Waals surface area contributed by atoms with Gasteiger partial charge >= 0.3 is 0 Å². The summed E-state index contributed by atoms with van der Waals surface area (Å²) in [6.07, 6.45) is 0. The molecular weight excluding hydrogens is 347 g/mol. The Kier molecular flexibility index (Phi) is 4.12. The highest BCUT2D eigenvalue weighted by Gasteiger charge is 2.56. The molecule has 1 saturated heterocycles. The average molecular weight is 364 g/mol. The normalized spacial score (nSPS) is 22.2. The highest BCUT2D eigenvalue weighted by Crippen LogP contribution is 2.43. The number of hydrogen-bond donors (Lipinski definition) is 0. The first kappa shape index (κ1) is 17.5. The largest absolute Gasteiger partial charge is 0.269 e. The van der Waals surface area contributed by atoms with Crippen molar-refractivity contribution in [3.8, 4) is 0 Å². The van der Waals surface area contributed by atoms with E-state index in [1.165, 1.54) is 43.3 Å². The predicted octanol–water partition coefficient (Wildman–Crippen LogP) is 3.16. The van der Waals surface area contributed by atoms with Gasteiger partial charge in [-0.25, -0.2) is 12.8 Å². The molecule has 8 heteroatoms. The van der Waals surface area contributed by atoms with Crippen molar-refractivity contribution in [3.63, 3.8) is 0 Å². The molecule has 1 heterocycles. The summed E-state index contributed by atoms with van der Waals surface area (Å²) in [7, 11) is -3.76. The lowest BCUT2D eigenvalue weighted by Crippen LogP contribution is -2.28. The van der Waals surface area contributed by atoms with E-state index in [0.29, 0.717) is 0 Å². The Bertz CT molecular complexity index is 909. The SMILES string of the molecule is Cc1ccc(S(=O)(=O)N2C[C@H]2[C@@](C)(F)c2ccc([N+](=O)[O-])cc2)cc1. The van der Waals surface area contributed by atoms with E-state index in [0.717, 1.165) is 9.87 Å². The molecule has 2 aromatic rings. The Hall–Kier alpha value is -2.32. The molecule has 0 aromatic heterocycles. The fourth-order valence-corrected chi connectivity index (χ4v) is 4.40. The van der Waals surface area contributed by atoms with Crippen LogP contribution in [0.15, 0.2) is 53.4 Å². The molecule has 0 aliphatic carbocycles. The van der Waals surface area contributed by atoms with Crippen molar-refractivity contribution >= 4 is 15.7 Å². The van der Waals surface area contributed by atoms with Gasteiger partial charge in [0.05, 0.1) is 15.9 Å². The van der Waals surface area contributed by atoms with Gasteiger partial charge in [-0.15, -0.1) is 0 Å². The van der Waals surface area contributed by atoms with Gasteiger partial charge in [-0.05, 0) is 43.7 Å². The molecule has 3 rings (SSSR count). The number of nitro benzene ring substituents is 1. The number of alkyl halides is 1. The number of non-ortho nitro benzene ring substituents is 1. The Morgan fingerprint density at radius 2 is 1.72 bits per heavy atom. The van der Waals surface area contributed by atoms with Crippen LogP contribution >= 0.6 is 0 Å². The lowest BCUT2D eigenvalue weighted by molar-refractivity contribution is -0.384. The number of halogens is 1. The number of rotatable bonds is 5. The third-order valence-corrected chi connectivity index (χ3v) is 6.35. The molecular formula is C17H17FN2O4S. The predicted molar refractivity (Wildman–Crippen MR) is 90.4 cm³/mol. The summed E-state index contributed by atoms with van der Waals surface area (Å²) < 4.78 is 41.6. The summed E-state index contributed by atoms with van der Waals surface area (Å²) in [6, 6.07) is 10.6. The lowest BCUT2D eigenvalue weighted by atomic mass is 9.94. The van der Waals surface area contributed by atoms with Crippen molar-refractivity contribution in [2.24, 2.45) is 0 Å². The smallest absolute Gasteiger partial charge is 0.258 e. The molecule has 1 unspecified atom stereocenters. The third kappa shape index (κ3) is 3.14. The van der Waals surface area contributed by atoms with Crippen molar-refractivity contribution in [1.29, 1.82) is 0 Å². The highest BCUT2D eigenvalue weighted by molar-refractivity contribution is 7.89. The van der Waals surface area contributed by atoms with Crippen molar-refractivity contribution in [2.75, 3.05) is 6.54 Å². The first-order chi connectivity index (χ1) is 11.6. The second-order valence-electron chi connectivity index (χ2n) is 6.28. The lowest BCUT2D eigenvalue weighted by Gasteiger charge is -2.21. The molecule has 132 valence electrons. The monoisotopic (exact) mass is 364 g/mol. The van der Waals surface area contributed by atoms with Crippen LogP contribution in [-0.4, -0.2) is 30.2 Å². The molecule has 0 N–H and O–H groups in total. The number of aryl methyl sites for hydroxylation is 1. The Morgan fingerprint density at radius 3 is 2.24 bits per heavy atom. The Balaban J connectivity index is 1.83. The summed E-state index contributed by atoms with van der Waals surface area (Å²) in [6.45, 7) is 3.22. The maximum atomic E-state index is 15.2. The van der Waals surface area contributed by atoms with Gasteiger partial charge in [0.15, 0.2) is 5.67 Å². The Morgan fingerprint density at radius 1 is 1.16 bits per heavy atom. The number of nitrogens with zero attached hydrogens (tertiary/aromatic N) is 2. The Labute approximate surface area is 145 Å². The van der Waals surface area contributed by atoms with Crippen LogP contribution < -0.4 is 0 Å². The van der Waals surface area contributed by atoms with Gasteiger partial charge in [-0.1, -0.05) is 17.7 Å². The molecule has 1 aliphatic heterocycles. The second kappa shape index (κ2) is 5.89. The van der Waals surface area contributed by atoms with Crippen molar-refractivity contribution < 1.29 is 17.7 Å². The highest BCUT2D eigenvalue weighted by atomic mass is 32.2. The number of benzene rings is 2. The summed E-state index contributed by atoms with van der Waals surface area (Å²) in [5.74, 6) is 0. The van der Waals surface area contributed by atoms with Gasteiger partial charge in [-0.2, -0.15) is 4.31 Å². The minimum atomic E-state index is -3.76. The van der Waals surface area contributed by atoms with Gasteiger partial charge in [0.25, 0.3) is 5.69 Å². The van der Waals surface area contributed by atoms with Crippen LogP contribution in [0.5, 0.6) is 0 Å². The number of hydrogen-bond acceptors (Lipinski definition) is 4. The maximum Gasteiger partial charge on any atom is 0.269 e. The number of sulfonamides is 1. The van der Waals surface area contributed by atoms with Crippen LogP contribution in [0.1, 0.15) is 18.1 Å². The first-order valence-corrected chi connectivity index (χ1v) is 9.10. The van der Waals surface area contributed by atoms with Crippen LogP contribution in [0, 0.1) is 17.0 Å². The van der Waals surface area contributed by atoms with Gasteiger partial charge in [0.2, 0.25) is 10.0 Å². The zero-order chi connectivity index (χ0) is 18.4. The molecule has 1 fully saturated rings. The van der Waals surface area contributed by atoms with E-state index in [1.807, 2.05) is 6.92 Å². The topological polar surface area (TPSA) is 80.3 Å². The van der Waals surface area contributed by atoms with E-state index < -0.39 is 26.7 Å². The van der Waals surface area contributed by atoms with Crippen LogP contribution in [0.3, 0.4) is 0 Å². The van der Waals surface area contributed by atoms with Crippen LogP contribution in [0.2, 0.25) is 0 Å². The van der Waals surface area contributed by atoms with Crippen molar-refractivity contribution in [2.45, 2.75) is 30.5 Å². The maximum absolute atomic E-state index is 15.2. The summed E-state index contributed by atoms with van der Waals surface area (Å²) in [5, 5.41) is 10.7. The third-order valence-electron chi connectivity index (χ3n) is 4.46. The van der Waals surface area contributed by atoms with E-state index in [1.54, 1.807) is 12.1 Å². The molecule has 1 aliphatic rings. The van der Waals surface area contributed by atoms with Gasteiger partial charge in [-0.3, -0.25) is 10.1 Å². The summed E-state index contributed by atoms with van der Waals surface area (Å²) in [4.78, 5) is 10.3. The van der Waals surface area contributed by atoms with Gasteiger partial charge < -0.3 is 0 Å². The molecule has 0 bridgehead atoms. The van der Waals surface area contributed by atoms with Crippen molar-refractivity contribution in [3.05, 3.63) is 69.8 Å². The molecule has 6 nitrogen and oxygen atoms in total. The van der Waals surface area contributed by atoms with Gasteiger partial charge in [0, 0.05) is 18.7 Å². The molecule has 25 heavy (non-hydrogen) atoms. The molecule has 3 atom stereocenters. The average Bonchev–Trinajstić information content (AvgIpc) is 3.37. The zero-order valence-electron chi connectivity index (χ0n) is 13.7. The van der Waals surface area contributed by atoms with Crippen LogP contribution in [-0.2, 0) is 15.7 Å². The van der Waals surface area contributed by atoms with Crippen LogP contribution in [0.25, 0.3) is 0 Å². The fourth-order valence-electron chi connectivity index (χ4n) is 2.78. The molecule has 0 saturated carbocycles.